The van der Waals surface area contributed by atoms with E-state index in [0.717, 1.165) is 22.3 Å². The van der Waals surface area contributed by atoms with Crippen molar-refractivity contribution >= 4 is 17.3 Å². The number of amides is 1. The molecule has 6 rings (SSSR count). The number of nitrogens with zero attached hydrogens (tertiary/aromatic N) is 3. The van der Waals surface area contributed by atoms with Gasteiger partial charge >= 0.3 is 0 Å². The second-order valence-corrected chi connectivity index (χ2v) is 10.5. The van der Waals surface area contributed by atoms with E-state index in [1.165, 1.54) is 12.1 Å². The third kappa shape index (κ3) is 5.96. The third-order valence-corrected chi connectivity index (χ3v) is 7.70. The number of hydrogen-bond donors (Lipinski definition) is 0. The fourth-order valence-electron chi connectivity index (χ4n) is 5.57. The van der Waals surface area contributed by atoms with E-state index in [1.54, 1.807) is 18.1 Å². The van der Waals surface area contributed by atoms with Gasteiger partial charge in [0.15, 0.2) is 11.5 Å². The number of fused-ring (bicyclic) bond motifs is 1. The molecule has 0 saturated carbocycles. The number of anilines is 1. The van der Waals surface area contributed by atoms with E-state index in [2.05, 4.69) is 4.90 Å². The largest absolute Gasteiger partial charge is 0.493 e. The SMILES string of the molecule is COc1cc([C@@H]2N(Cc3ccccc3)C(=O)c3cc([N+](=O)[O-])ccc3N2Cc2ccccc2)ccc1OCc1ccccc1. The number of hydrogen-bond acceptors (Lipinski definition) is 6. The van der Waals surface area contributed by atoms with E-state index >= 15 is 0 Å². The first-order chi connectivity index (χ1) is 21.5. The van der Waals surface area contributed by atoms with Gasteiger partial charge in [-0.3, -0.25) is 14.9 Å². The van der Waals surface area contributed by atoms with Gasteiger partial charge in [0, 0.05) is 25.2 Å². The smallest absolute Gasteiger partial charge is 0.270 e. The lowest BCUT2D eigenvalue weighted by atomic mass is 9.98. The molecule has 5 aromatic carbocycles. The molecule has 8 nitrogen and oxygen atoms in total. The van der Waals surface area contributed by atoms with Crippen LogP contribution in [0.3, 0.4) is 0 Å². The predicted molar refractivity (Wildman–Crippen MR) is 169 cm³/mol. The van der Waals surface area contributed by atoms with Gasteiger partial charge in [-0.25, -0.2) is 0 Å². The van der Waals surface area contributed by atoms with Crippen molar-refractivity contribution in [1.29, 1.82) is 0 Å². The summed E-state index contributed by atoms with van der Waals surface area (Å²) in [5.74, 6) is 0.840. The Balaban J connectivity index is 1.46. The summed E-state index contributed by atoms with van der Waals surface area (Å²) in [6, 6.07) is 39.8. The molecule has 0 saturated heterocycles. The van der Waals surface area contributed by atoms with Gasteiger partial charge in [-0.15, -0.1) is 0 Å². The minimum atomic E-state index is -0.547. The van der Waals surface area contributed by atoms with Crippen LogP contribution in [0.1, 0.15) is 38.8 Å². The average molecular weight is 586 g/mol. The van der Waals surface area contributed by atoms with Crippen LogP contribution < -0.4 is 14.4 Å². The Morgan fingerprint density at radius 2 is 1.30 bits per heavy atom. The van der Waals surface area contributed by atoms with Gasteiger partial charge in [0.1, 0.15) is 12.8 Å². The van der Waals surface area contributed by atoms with E-state index < -0.39 is 11.1 Å². The third-order valence-electron chi connectivity index (χ3n) is 7.70. The highest BCUT2D eigenvalue weighted by Crippen LogP contribution is 2.43. The first-order valence-electron chi connectivity index (χ1n) is 14.3. The van der Waals surface area contributed by atoms with Crippen LogP contribution in [0.15, 0.2) is 127 Å². The number of nitro groups is 1. The number of benzene rings is 5. The Bertz CT molecular complexity index is 1760. The maximum Gasteiger partial charge on any atom is 0.270 e. The topological polar surface area (TPSA) is 85.1 Å². The summed E-state index contributed by atoms with van der Waals surface area (Å²) in [5, 5.41) is 11.7. The summed E-state index contributed by atoms with van der Waals surface area (Å²) in [4.78, 5) is 29.4. The molecule has 220 valence electrons. The molecule has 5 aromatic rings. The lowest BCUT2D eigenvalue weighted by Gasteiger charge is -2.46. The van der Waals surface area contributed by atoms with Crippen LogP contribution in [0.5, 0.6) is 11.5 Å². The quantitative estimate of drug-likeness (QED) is 0.124. The monoisotopic (exact) mass is 585 g/mol. The Hall–Kier alpha value is -5.63. The first kappa shape index (κ1) is 28.5. The van der Waals surface area contributed by atoms with Crippen LogP contribution in [0.4, 0.5) is 11.4 Å². The fourth-order valence-corrected chi connectivity index (χ4v) is 5.57. The maximum atomic E-state index is 14.3. The minimum absolute atomic E-state index is 0.128. The van der Waals surface area contributed by atoms with Crippen molar-refractivity contribution in [2.45, 2.75) is 25.9 Å². The highest BCUT2D eigenvalue weighted by Gasteiger charge is 2.40. The number of non-ortho nitro benzene ring substituents is 1. The Kier molecular flexibility index (Phi) is 8.23. The van der Waals surface area contributed by atoms with Crippen LogP contribution in [-0.2, 0) is 19.7 Å². The maximum absolute atomic E-state index is 14.3. The molecule has 44 heavy (non-hydrogen) atoms. The molecule has 1 amide bonds. The number of carbonyl (C=O) groups is 1. The van der Waals surface area contributed by atoms with Crippen molar-refractivity contribution in [3.8, 4) is 11.5 Å². The molecule has 0 aliphatic carbocycles. The summed E-state index contributed by atoms with van der Waals surface area (Å²) in [6.07, 6.45) is -0.547. The molecule has 0 N–H and O–H groups in total. The van der Waals surface area contributed by atoms with Crippen molar-refractivity contribution in [2.24, 2.45) is 0 Å². The van der Waals surface area contributed by atoms with Crippen molar-refractivity contribution in [3.63, 3.8) is 0 Å². The Morgan fingerprint density at radius 1 is 0.705 bits per heavy atom. The summed E-state index contributed by atoms with van der Waals surface area (Å²) in [6.45, 7) is 1.14. The molecule has 0 spiro atoms. The lowest BCUT2D eigenvalue weighted by Crippen LogP contribution is -2.48. The summed E-state index contributed by atoms with van der Waals surface area (Å²) in [5.41, 5.74) is 4.61. The van der Waals surface area contributed by atoms with Crippen LogP contribution in [0, 0.1) is 10.1 Å². The van der Waals surface area contributed by atoms with E-state index in [0.29, 0.717) is 36.9 Å². The second-order valence-electron chi connectivity index (χ2n) is 10.5. The van der Waals surface area contributed by atoms with Crippen molar-refractivity contribution < 1.29 is 19.2 Å². The molecule has 0 radical (unpaired) electrons. The molecular weight excluding hydrogens is 554 g/mol. The Labute approximate surface area is 255 Å². The fraction of sp³-hybridized carbons (Fsp3) is 0.139. The second kappa shape index (κ2) is 12.7. The van der Waals surface area contributed by atoms with Crippen LogP contribution in [0.25, 0.3) is 0 Å². The number of ether oxygens (including phenoxy) is 2. The highest BCUT2D eigenvalue weighted by atomic mass is 16.6. The number of rotatable bonds is 10. The molecule has 1 aliphatic heterocycles. The van der Waals surface area contributed by atoms with Gasteiger partial charge in [0.25, 0.3) is 11.6 Å². The average Bonchev–Trinajstić information content (AvgIpc) is 3.07. The highest BCUT2D eigenvalue weighted by molar-refractivity contribution is 6.02. The van der Waals surface area contributed by atoms with Crippen LogP contribution >= 0.6 is 0 Å². The molecule has 8 heteroatoms. The zero-order valence-corrected chi connectivity index (χ0v) is 24.2. The van der Waals surface area contributed by atoms with E-state index in [4.69, 9.17) is 9.47 Å². The molecule has 0 fully saturated rings. The normalized spacial score (nSPS) is 14.2. The van der Waals surface area contributed by atoms with Gasteiger partial charge in [-0.2, -0.15) is 0 Å². The summed E-state index contributed by atoms with van der Waals surface area (Å²) in [7, 11) is 1.60. The first-order valence-corrected chi connectivity index (χ1v) is 14.3. The molecular formula is C36H31N3O5. The van der Waals surface area contributed by atoms with Gasteiger partial charge in [-0.1, -0.05) is 97.1 Å². The summed E-state index contributed by atoms with van der Waals surface area (Å²) < 4.78 is 11.9. The number of nitro benzene ring substituents is 1. The van der Waals surface area contributed by atoms with E-state index in [-0.39, 0.29) is 17.2 Å². The van der Waals surface area contributed by atoms with Crippen LogP contribution in [0.2, 0.25) is 0 Å². The minimum Gasteiger partial charge on any atom is -0.493 e. The zero-order chi connectivity index (χ0) is 30.5. The zero-order valence-electron chi connectivity index (χ0n) is 24.2. The summed E-state index contributed by atoms with van der Waals surface area (Å²) >= 11 is 0. The molecule has 1 aliphatic rings. The van der Waals surface area contributed by atoms with Crippen molar-refractivity contribution in [2.75, 3.05) is 12.0 Å². The van der Waals surface area contributed by atoms with E-state index in [1.807, 2.05) is 109 Å². The molecule has 1 heterocycles. The standard InChI is InChI=1S/C36H31N3O5/c1-43-34-21-29(17-20-33(34)44-25-28-15-9-4-10-16-28)35-37(23-26-11-5-2-6-12-26)32-19-18-30(39(41)42)22-31(32)36(40)38(35)24-27-13-7-3-8-14-27/h2-22,35H,23-25H2,1H3/t35-/m0/s1. The number of carbonyl (C=O) groups excluding carboxylic acids is 1. The van der Waals surface area contributed by atoms with Gasteiger partial charge in [0.05, 0.1) is 23.3 Å². The molecule has 0 unspecified atom stereocenters. The molecule has 0 aromatic heterocycles. The number of methoxy groups -OCH3 is 1. The lowest BCUT2D eigenvalue weighted by molar-refractivity contribution is -0.384. The molecule has 1 atom stereocenters. The predicted octanol–water partition coefficient (Wildman–Crippen LogP) is 7.54. The van der Waals surface area contributed by atoms with Crippen molar-refractivity contribution in [3.05, 3.63) is 165 Å². The van der Waals surface area contributed by atoms with Gasteiger partial charge < -0.3 is 19.3 Å². The Morgan fingerprint density at radius 3 is 1.89 bits per heavy atom. The van der Waals surface area contributed by atoms with Crippen molar-refractivity contribution in [1.82, 2.24) is 4.90 Å². The van der Waals surface area contributed by atoms with Crippen LogP contribution in [-0.4, -0.2) is 22.8 Å². The van der Waals surface area contributed by atoms with Gasteiger partial charge in [0.2, 0.25) is 0 Å². The van der Waals surface area contributed by atoms with E-state index in [9.17, 15) is 14.9 Å². The molecule has 0 bridgehead atoms. The van der Waals surface area contributed by atoms with Gasteiger partial charge in [-0.05, 0) is 40.5 Å².